The summed E-state index contributed by atoms with van der Waals surface area (Å²) in [7, 11) is 0. The Morgan fingerprint density at radius 1 is 1.55 bits per heavy atom. The molecule has 2 amide bonds. The molecule has 0 aromatic heterocycles. The molecule has 62 valence electrons. The van der Waals surface area contributed by atoms with E-state index in [-0.39, 0.29) is 11.9 Å². The second kappa shape index (κ2) is 2.77. The first-order valence-electron chi connectivity index (χ1n) is 3.34. The van der Waals surface area contributed by atoms with Crippen LogP contribution in [0.15, 0.2) is 0 Å². The first kappa shape index (κ1) is 7.84. The van der Waals surface area contributed by atoms with E-state index in [9.17, 15) is 9.59 Å². The van der Waals surface area contributed by atoms with Crippen LogP contribution in [0.2, 0.25) is 0 Å². The van der Waals surface area contributed by atoms with E-state index in [0.29, 0.717) is 13.1 Å². The average Bonchev–Trinajstić information content (AvgIpc) is 1.75. The summed E-state index contributed by atoms with van der Waals surface area (Å²) < 4.78 is 0. The fourth-order valence-corrected chi connectivity index (χ4v) is 1.00. The highest BCUT2D eigenvalue weighted by Gasteiger charge is 2.29. The minimum atomic E-state index is -1.03. The van der Waals surface area contributed by atoms with Gasteiger partial charge in [-0.15, -0.1) is 0 Å². The Morgan fingerprint density at radius 2 is 2.09 bits per heavy atom. The highest BCUT2D eigenvalue weighted by atomic mass is 16.4. The van der Waals surface area contributed by atoms with Gasteiger partial charge in [-0.25, -0.2) is 4.79 Å². The van der Waals surface area contributed by atoms with Crippen molar-refractivity contribution in [3.05, 3.63) is 0 Å². The van der Waals surface area contributed by atoms with Gasteiger partial charge in [0.1, 0.15) is 0 Å². The van der Waals surface area contributed by atoms with E-state index in [1.807, 2.05) is 0 Å². The molecule has 1 saturated heterocycles. The zero-order valence-electron chi connectivity index (χ0n) is 6.20. The second-order valence-corrected chi connectivity index (χ2v) is 2.57. The number of carboxylic acid groups (broad SMARTS) is 1. The van der Waals surface area contributed by atoms with Gasteiger partial charge in [-0.3, -0.25) is 4.79 Å². The molecule has 0 bridgehead atoms. The van der Waals surface area contributed by atoms with E-state index in [2.05, 4.69) is 5.32 Å². The number of amides is 2. The molecule has 1 fully saturated rings. The van der Waals surface area contributed by atoms with Crippen molar-refractivity contribution in [1.29, 1.82) is 0 Å². The minimum Gasteiger partial charge on any atom is -0.465 e. The summed E-state index contributed by atoms with van der Waals surface area (Å²) in [4.78, 5) is 22.3. The van der Waals surface area contributed by atoms with Gasteiger partial charge in [-0.2, -0.15) is 0 Å². The van der Waals surface area contributed by atoms with Crippen molar-refractivity contribution >= 4 is 12.0 Å². The molecule has 0 unspecified atom stereocenters. The van der Waals surface area contributed by atoms with Gasteiger partial charge in [0.2, 0.25) is 5.91 Å². The van der Waals surface area contributed by atoms with E-state index >= 15 is 0 Å². The Kier molecular flexibility index (Phi) is 1.98. The molecule has 11 heavy (non-hydrogen) atoms. The highest BCUT2D eigenvalue weighted by Crippen LogP contribution is 2.06. The Labute approximate surface area is 64.0 Å². The van der Waals surface area contributed by atoms with Crippen molar-refractivity contribution in [3.8, 4) is 0 Å². The van der Waals surface area contributed by atoms with Gasteiger partial charge in [0.25, 0.3) is 0 Å². The van der Waals surface area contributed by atoms with Crippen molar-refractivity contribution in [2.24, 2.45) is 0 Å². The predicted molar refractivity (Wildman–Crippen MR) is 37.2 cm³/mol. The summed E-state index contributed by atoms with van der Waals surface area (Å²) >= 11 is 0. The lowest BCUT2D eigenvalue weighted by Crippen LogP contribution is -2.60. The molecule has 0 aromatic rings. The van der Waals surface area contributed by atoms with Gasteiger partial charge < -0.3 is 15.3 Å². The number of hydrogen-bond donors (Lipinski definition) is 2. The molecular weight excluding hydrogens is 148 g/mol. The summed E-state index contributed by atoms with van der Waals surface area (Å²) in [6.07, 6.45) is -1.03. The Hall–Kier alpha value is -1.26. The standard InChI is InChI=1S/C6H10N2O3/c1-4(9)8-2-5(3-8)7-6(10)11/h5,7H,2-3H2,1H3,(H,10,11). The number of rotatable bonds is 1. The molecule has 5 heteroatoms. The summed E-state index contributed by atoms with van der Waals surface area (Å²) in [5.41, 5.74) is 0. The van der Waals surface area contributed by atoms with Crippen molar-refractivity contribution in [2.75, 3.05) is 13.1 Å². The molecule has 0 aromatic carbocycles. The van der Waals surface area contributed by atoms with Crippen molar-refractivity contribution in [2.45, 2.75) is 13.0 Å². The van der Waals surface area contributed by atoms with Gasteiger partial charge in [0.15, 0.2) is 0 Å². The van der Waals surface area contributed by atoms with Crippen LogP contribution >= 0.6 is 0 Å². The lowest BCUT2D eigenvalue weighted by Gasteiger charge is -2.38. The third-order valence-corrected chi connectivity index (χ3v) is 1.65. The molecule has 5 nitrogen and oxygen atoms in total. The van der Waals surface area contributed by atoms with Gasteiger partial charge in [-0.1, -0.05) is 0 Å². The Balaban J connectivity index is 2.19. The monoisotopic (exact) mass is 158 g/mol. The number of likely N-dealkylation sites (tertiary alicyclic amines) is 1. The molecule has 2 N–H and O–H groups in total. The minimum absolute atomic E-state index is 0.00608. The number of carbonyl (C=O) groups excluding carboxylic acids is 1. The molecule has 0 spiro atoms. The topological polar surface area (TPSA) is 69.6 Å². The van der Waals surface area contributed by atoms with Crippen LogP contribution in [0.25, 0.3) is 0 Å². The first-order valence-corrected chi connectivity index (χ1v) is 3.34. The van der Waals surface area contributed by atoms with Crippen LogP contribution in [0.1, 0.15) is 6.92 Å². The smallest absolute Gasteiger partial charge is 0.405 e. The van der Waals surface area contributed by atoms with Crippen molar-refractivity contribution in [3.63, 3.8) is 0 Å². The van der Waals surface area contributed by atoms with Crippen LogP contribution in [0.3, 0.4) is 0 Å². The van der Waals surface area contributed by atoms with Gasteiger partial charge in [0.05, 0.1) is 6.04 Å². The lowest BCUT2D eigenvalue weighted by atomic mass is 10.1. The van der Waals surface area contributed by atoms with Crippen molar-refractivity contribution in [1.82, 2.24) is 10.2 Å². The maximum absolute atomic E-state index is 10.6. The molecule has 0 atom stereocenters. The maximum atomic E-state index is 10.6. The first-order chi connectivity index (χ1) is 5.09. The fourth-order valence-electron chi connectivity index (χ4n) is 1.00. The predicted octanol–water partition coefficient (Wildman–Crippen LogP) is -0.515. The van der Waals surface area contributed by atoms with E-state index < -0.39 is 6.09 Å². The van der Waals surface area contributed by atoms with Crippen LogP contribution in [-0.4, -0.2) is 41.1 Å². The second-order valence-electron chi connectivity index (χ2n) is 2.57. The SMILES string of the molecule is CC(=O)N1CC(NC(=O)O)C1. The van der Waals surface area contributed by atoms with Gasteiger partial charge >= 0.3 is 6.09 Å². The number of nitrogens with zero attached hydrogens (tertiary/aromatic N) is 1. The highest BCUT2D eigenvalue weighted by molar-refractivity contribution is 5.74. The van der Waals surface area contributed by atoms with Crippen LogP contribution in [-0.2, 0) is 4.79 Å². The van der Waals surface area contributed by atoms with Gasteiger partial charge in [-0.05, 0) is 0 Å². The van der Waals surface area contributed by atoms with Gasteiger partial charge in [0, 0.05) is 20.0 Å². The van der Waals surface area contributed by atoms with Crippen LogP contribution in [0.5, 0.6) is 0 Å². The summed E-state index contributed by atoms with van der Waals surface area (Å²) in [6.45, 7) is 2.47. The normalized spacial score (nSPS) is 17.4. The van der Waals surface area contributed by atoms with E-state index in [1.165, 1.54) is 6.92 Å². The molecule has 1 rings (SSSR count). The zero-order chi connectivity index (χ0) is 8.43. The van der Waals surface area contributed by atoms with E-state index in [1.54, 1.807) is 4.90 Å². The van der Waals surface area contributed by atoms with E-state index in [0.717, 1.165) is 0 Å². The summed E-state index contributed by atoms with van der Waals surface area (Å²) in [6, 6.07) is -0.0728. The Morgan fingerprint density at radius 3 is 2.45 bits per heavy atom. The van der Waals surface area contributed by atoms with E-state index in [4.69, 9.17) is 5.11 Å². The van der Waals surface area contributed by atoms with Crippen LogP contribution in [0.4, 0.5) is 4.79 Å². The number of carbonyl (C=O) groups is 2. The molecule has 0 aliphatic carbocycles. The number of nitrogens with one attached hydrogen (secondary N) is 1. The quantitative estimate of drug-likeness (QED) is 0.539. The molecule has 1 heterocycles. The lowest BCUT2D eigenvalue weighted by molar-refractivity contribution is -0.133. The zero-order valence-corrected chi connectivity index (χ0v) is 6.20. The third-order valence-electron chi connectivity index (χ3n) is 1.65. The van der Waals surface area contributed by atoms with Crippen molar-refractivity contribution < 1.29 is 14.7 Å². The molecule has 1 aliphatic rings. The summed E-state index contributed by atoms with van der Waals surface area (Å²) in [5, 5.41) is 10.5. The Bertz CT molecular complexity index is 186. The van der Waals surface area contributed by atoms with Crippen LogP contribution in [0, 0.1) is 0 Å². The molecule has 0 radical (unpaired) electrons. The fraction of sp³-hybridized carbons (Fsp3) is 0.667. The molecular formula is C6H10N2O3. The largest absolute Gasteiger partial charge is 0.465 e. The number of hydrogen-bond acceptors (Lipinski definition) is 2. The molecule has 1 aliphatic heterocycles. The average molecular weight is 158 g/mol. The van der Waals surface area contributed by atoms with Crippen LogP contribution < -0.4 is 5.32 Å². The summed E-state index contributed by atoms with van der Waals surface area (Å²) in [5.74, 6) is -0.00608. The maximum Gasteiger partial charge on any atom is 0.405 e. The third kappa shape index (κ3) is 1.83. The molecule has 0 saturated carbocycles.